The number of aromatic nitrogens is 1. The summed E-state index contributed by atoms with van der Waals surface area (Å²) >= 11 is 5.58. The van der Waals surface area contributed by atoms with Gasteiger partial charge in [-0.1, -0.05) is 24.3 Å². The van der Waals surface area contributed by atoms with E-state index in [1.165, 1.54) is 18.2 Å². The van der Waals surface area contributed by atoms with Crippen LogP contribution in [-0.4, -0.2) is 21.1 Å². The minimum absolute atomic E-state index is 0.272. The molecule has 4 rings (SSSR count). The van der Waals surface area contributed by atoms with Crippen molar-refractivity contribution in [2.75, 3.05) is 11.9 Å². The van der Waals surface area contributed by atoms with Crippen LogP contribution in [0.2, 0.25) is 0 Å². The molecule has 26 heavy (non-hydrogen) atoms. The number of hydrogen-bond donors (Lipinski definition) is 1. The molecule has 0 aliphatic carbocycles. The number of nitrogens with one attached hydrogen (secondary N) is 1. The summed E-state index contributed by atoms with van der Waals surface area (Å²) in [6.45, 7) is 1.38. The van der Waals surface area contributed by atoms with E-state index in [9.17, 15) is 8.78 Å². The second-order valence-corrected chi connectivity index (χ2v) is 6.57. The minimum Gasteiger partial charge on any atom is -0.348 e. The first-order chi connectivity index (χ1) is 12.6. The van der Waals surface area contributed by atoms with Crippen molar-refractivity contribution in [1.29, 1.82) is 0 Å². The molecular formula is C20H17F2N3S. The Morgan fingerprint density at radius 3 is 2.65 bits per heavy atom. The molecule has 1 N–H and O–H groups in total. The number of hydrogen-bond acceptors (Lipinski definition) is 1. The predicted octanol–water partition coefficient (Wildman–Crippen LogP) is 4.57. The SMILES string of the molecule is Fc1cccc(NC(=S)N2CCn3cccc3C2c2ccccc2F)c1. The van der Waals surface area contributed by atoms with Crippen LogP contribution in [0.25, 0.3) is 0 Å². The second-order valence-electron chi connectivity index (χ2n) is 6.18. The van der Waals surface area contributed by atoms with Gasteiger partial charge in [0.05, 0.1) is 6.04 Å². The molecular weight excluding hydrogens is 352 g/mol. The number of nitrogens with zero attached hydrogens (tertiary/aromatic N) is 2. The van der Waals surface area contributed by atoms with Crippen LogP contribution in [0.5, 0.6) is 0 Å². The van der Waals surface area contributed by atoms with E-state index in [1.807, 2.05) is 29.3 Å². The normalized spacial score (nSPS) is 16.2. The molecule has 1 aromatic heterocycles. The Morgan fingerprint density at radius 1 is 1.00 bits per heavy atom. The third-order valence-electron chi connectivity index (χ3n) is 4.57. The van der Waals surface area contributed by atoms with Crippen molar-refractivity contribution in [1.82, 2.24) is 9.47 Å². The van der Waals surface area contributed by atoms with Crippen LogP contribution >= 0.6 is 12.2 Å². The van der Waals surface area contributed by atoms with Crippen LogP contribution in [0.15, 0.2) is 66.9 Å². The molecule has 2 heterocycles. The maximum absolute atomic E-state index is 14.5. The lowest BCUT2D eigenvalue weighted by molar-refractivity contribution is 0.288. The summed E-state index contributed by atoms with van der Waals surface area (Å²) in [7, 11) is 0. The summed E-state index contributed by atoms with van der Waals surface area (Å²) in [4.78, 5) is 1.95. The molecule has 1 aliphatic heterocycles. The van der Waals surface area contributed by atoms with E-state index in [0.717, 1.165) is 12.2 Å². The highest BCUT2D eigenvalue weighted by Crippen LogP contribution is 2.34. The number of thiocarbonyl (C=S) groups is 1. The van der Waals surface area contributed by atoms with Gasteiger partial charge in [0.2, 0.25) is 0 Å². The average Bonchev–Trinajstić information content (AvgIpc) is 3.10. The minimum atomic E-state index is -0.339. The summed E-state index contributed by atoms with van der Waals surface area (Å²) in [5.74, 6) is -0.610. The van der Waals surface area contributed by atoms with Gasteiger partial charge in [0.15, 0.2) is 5.11 Å². The predicted molar refractivity (Wildman–Crippen MR) is 102 cm³/mol. The van der Waals surface area contributed by atoms with Crippen LogP contribution < -0.4 is 5.32 Å². The zero-order valence-electron chi connectivity index (χ0n) is 13.9. The Morgan fingerprint density at radius 2 is 1.85 bits per heavy atom. The number of rotatable bonds is 2. The first-order valence-electron chi connectivity index (χ1n) is 8.36. The van der Waals surface area contributed by atoms with Gasteiger partial charge in [-0.3, -0.25) is 0 Å². The van der Waals surface area contributed by atoms with Gasteiger partial charge in [-0.15, -0.1) is 0 Å². The Hall–Kier alpha value is -2.73. The molecule has 3 aromatic rings. The summed E-state index contributed by atoms with van der Waals surface area (Å²) in [6, 6.07) is 16.5. The molecule has 0 bridgehead atoms. The van der Waals surface area contributed by atoms with Gasteiger partial charge in [0.25, 0.3) is 0 Å². The topological polar surface area (TPSA) is 20.2 Å². The van der Waals surface area contributed by atoms with Crippen LogP contribution in [0.4, 0.5) is 14.5 Å². The summed E-state index contributed by atoms with van der Waals surface area (Å²) < 4.78 is 30.1. The van der Waals surface area contributed by atoms with Gasteiger partial charge in [0, 0.05) is 36.2 Å². The number of benzene rings is 2. The average molecular weight is 369 g/mol. The van der Waals surface area contributed by atoms with Crippen LogP contribution in [0.3, 0.4) is 0 Å². The van der Waals surface area contributed by atoms with Gasteiger partial charge in [-0.05, 0) is 48.6 Å². The molecule has 2 aromatic carbocycles. The highest BCUT2D eigenvalue weighted by Gasteiger charge is 2.32. The van der Waals surface area contributed by atoms with Crippen molar-refractivity contribution < 1.29 is 8.78 Å². The van der Waals surface area contributed by atoms with Crippen LogP contribution in [0, 0.1) is 11.6 Å². The lowest BCUT2D eigenvalue weighted by Gasteiger charge is -2.39. The van der Waals surface area contributed by atoms with Gasteiger partial charge in [-0.25, -0.2) is 8.78 Å². The fourth-order valence-corrected chi connectivity index (χ4v) is 3.70. The summed E-state index contributed by atoms with van der Waals surface area (Å²) in [5, 5.41) is 3.52. The molecule has 0 spiro atoms. The van der Waals surface area contributed by atoms with E-state index < -0.39 is 0 Å². The standard InChI is InChI=1S/C20H17F2N3S/c21-14-5-3-6-15(13-14)23-20(26)25-12-11-24-10-4-9-18(24)19(25)16-7-1-2-8-17(16)22/h1-10,13,19H,11-12H2,(H,23,26). The van der Waals surface area contributed by atoms with Crippen LogP contribution in [-0.2, 0) is 6.54 Å². The van der Waals surface area contributed by atoms with E-state index in [2.05, 4.69) is 9.88 Å². The lowest BCUT2D eigenvalue weighted by atomic mass is 10.00. The van der Waals surface area contributed by atoms with Crippen molar-refractivity contribution in [2.45, 2.75) is 12.6 Å². The molecule has 0 saturated heterocycles. The van der Waals surface area contributed by atoms with Crippen molar-refractivity contribution in [3.63, 3.8) is 0 Å². The number of anilines is 1. The monoisotopic (exact) mass is 369 g/mol. The Kier molecular flexibility index (Phi) is 4.42. The van der Waals surface area contributed by atoms with Gasteiger partial charge >= 0.3 is 0 Å². The zero-order valence-corrected chi connectivity index (χ0v) is 14.7. The van der Waals surface area contributed by atoms with E-state index in [0.29, 0.717) is 22.9 Å². The van der Waals surface area contributed by atoms with Crippen molar-refractivity contribution in [2.24, 2.45) is 0 Å². The van der Waals surface area contributed by atoms with Crippen LogP contribution in [0.1, 0.15) is 17.3 Å². The quantitative estimate of drug-likeness (QED) is 0.669. The Labute approximate surface area is 155 Å². The third kappa shape index (κ3) is 3.08. The smallest absolute Gasteiger partial charge is 0.174 e. The maximum atomic E-state index is 14.5. The molecule has 3 nitrogen and oxygen atoms in total. The van der Waals surface area contributed by atoms with Crippen molar-refractivity contribution >= 4 is 23.0 Å². The number of fused-ring (bicyclic) bond motifs is 1. The molecule has 0 amide bonds. The van der Waals surface area contributed by atoms with Crippen molar-refractivity contribution in [3.05, 3.63) is 89.8 Å². The summed E-state index contributed by atoms with van der Waals surface area (Å²) in [6.07, 6.45) is 1.99. The molecule has 6 heteroatoms. The van der Waals surface area contributed by atoms with Gasteiger partial charge < -0.3 is 14.8 Å². The van der Waals surface area contributed by atoms with E-state index >= 15 is 0 Å². The van der Waals surface area contributed by atoms with Gasteiger partial charge in [-0.2, -0.15) is 0 Å². The zero-order chi connectivity index (χ0) is 18.1. The fourth-order valence-electron chi connectivity index (χ4n) is 3.39. The maximum Gasteiger partial charge on any atom is 0.174 e. The summed E-state index contributed by atoms with van der Waals surface area (Å²) in [5.41, 5.74) is 2.11. The fraction of sp³-hybridized carbons (Fsp3) is 0.150. The van der Waals surface area contributed by atoms with E-state index in [1.54, 1.807) is 24.3 Å². The molecule has 0 radical (unpaired) electrons. The molecule has 0 saturated carbocycles. The molecule has 132 valence electrons. The van der Waals surface area contributed by atoms with Crippen molar-refractivity contribution in [3.8, 4) is 0 Å². The molecule has 1 aliphatic rings. The van der Waals surface area contributed by atoms with Gasteiger partial charge in [0.1, 0.15) is 11.6 Å². The number of halogens is 2. The Balaban J connectivity index is 1.70. The highest BCUT2D eigenvalue weighted by atomic mass is 32.1. The largest absolute Gasteiger partial charge is 0.348 e. The Bertz CT molecular complexity index is 953. The molecule has 1 atom stereocenters. The van der Waals surface area contributed by atoms with E-state index in [-0.39, 0.29) is 17.7 Å². The molecule has 1 unspecified atom stereocenters. The second kappa shape index (κ2) is 6.88. The first kappa shape index (κ1) is 16.7. The third-order valence-corrected chi connectivity index (χ3v) is 4.91. The first-order valence-corrected chi connectivity index (χ1v) is 8.77. The lowest BCUT2D eigenvalue weighted by Crippen LogP contribution is -2.44. The highest BCUT2D eigenvalue weighted by molar-refractivity contribution is 7.80. The molecule has 0 fully saturated rings. The van der Waals surface area contributed by atoms with E-state index in [4.69, 9.17) is 12.2 Å².